The minimum absolute atomic E-state index is 0.0875. The number of guanidine groups is 1. The lowest BCUT2D eigenvalue weighted by Gasteiger charge is -1.95. The van der Waals surface area contributed by atoms with Gasteiger partial charge in [-0.25, -0.2) is 0 Å². The summed E-state index contributed by atoms with van der Waals surface area (Å²) in [5, 5.41) is 7.59. The van der Waals surface area contributed by atoms with Crippen LogP contribution in [-0.2, 0) is 0 Å². The maximum Gasteiger partial charge on any atom is 0.211 e. The van der Waals surface area contributed by atoms with Crippen molar-refractivity contribution in [1.29, 1.82) is 0 Å². The Morgan fingerprint density at radius 2 is 1.87 bits per heavy atom. The van der Waals surface area contributed by atoms with E-state index in [1.54, 1.807) is 6.08 Å². The van der Waals surface area contributed by atoms with Crippen molar-refractivity contribution in [2.75, 3.05) is 0 Å². The van der Waals surface area contributed by atoms with Gasteiger partial charge in [-0.1, -0.05) is 41.9 Å². The van der Waals surface area contributed by atoms with Gasteiger partial charge in [-0.3, -0.25) is 0 Å². The Labute approximate surface area is 92.9 Å². The molecular formula is C10H11ClN4. The molecule has 1 aromatic rings. The molecule has 0 aliphatic carbocycles. The van der Waals surface area contributed by atoms with Crippen LogP contribution < -0.4 is 11.5 Å². The molecule has 1 rings (SSSR count). The Bertz CT molecular complexity index is 391. The largest absolute Gasteiger partial charge is 0.369 e. The van der Waals surface area contributed by atoms with Gasteiger partial charge >= 0.3 is 0 Å². The number of benzene rings is 1. The maximum atomic E-state index is 5.98. The molecule has 0 radical (unpaired) electrons. The molecule has 0 spiro atoms. The fourth-order valence-electron chi connectivity index (χ4n) is 0.892. The second-order valence-electron chi connectivity index (χ2n) is 2.67. The first-order chi connectivity index (χ1) is 7.20. The van der Waals surface area contributed by atoms with Crippen molar-refractivity contribution in [2.24, 2.45) is 21.7 Å². The van der Waals surface area contributed by atoms with E-state index in [0.717, 1.165) is 5.56 Å². The Hall–Kier alpha value is -1.81. The van der Waals surface area contributed by atoms with E-state index in [9.17, 15) is 0 Å². The van der Waals surface area contributed by atoms with Crippen LogP contribution in [-0.4, -0.2) is 12.2 Å². The van der Waals surface area contributed by atoms with Crippen molar-refractivity contribution in [2.45, 2.75) is 0 Å². The SMILES string of the molecule is NC(N)=N/N=C/C=C(\Cl)c1ccccc1. The van der Waals surface area contributed by atoms with Crippen LogP contribution in [0, 0.1) is 0 Å². The fourth-order valence-corrected chi connectivity index (χ4v) is 1.07. The van der Waals surface area contributed by atoms with Crippen molar-refractivity contribution in [3.63, 3.8) is 0 Å². The molecule has 0 aliphatic heterocycles. The van der Waals surface area contributed by atoms with Crippen LogP contribution in [0.1, 0.15) is 5.56 Å². The quantitative estimate of drug-likeness (QED) is 0.462. The normalized spacial score (nSPS) is 11.7. The topological polar surface area (TPSA) is 76.8 Å². The summed E-state index contributed by atoms with van der Waals surface area (Å²) >= 11 is 5.98. The third-order valence-electron chi connectivity index (χ3n) is 1.51. The second-order valence-corrected chi connectivity index (χ2v) is 3.08. The van der Waals surface area contributed by atoms with Crippen molar-refractivity contribution < 1.29 is 0 Å². The molecule has 0 bridgehead atoms. The molecule has 4 nitrogen and oxygen atoms in total. The molecule has 0 fully saturated rings. The fraction of sp³-hybridized carbons (Fsp3) is 0. The number of allylic oxidation sites excluding steroid dienone is 1. The van der Waals surface area contributed by atoms with Crippen LogP contribution in [0.4, 0.5) is 0 Å². The molecule has 5 heteroatoms. The smallest absolute Gasteiger partial charge is 0.211 e. The molecule has 0 heterocycles. The highest BCUT2D eigenvalue weighted by molar-refractivity contribution is 6.49. The number of hydrogen-bond acceptors (Lipinski definition) is 2. The van der Waals surface area contributed by atoms with E-state index < -0.39 is 0 Å². The van der Waals surface area contributed by atoms with Gasteiger partial charge < -0.3 is 11.5 Å². The third kappa shape index (κ3) is 4.28. The Kier molecular flexibility index (Phi) is 4.37. The summed E-state index contributed by atoms with van der Waals surface area (Å²) < 4.78 is 0. The van der Waals surface area contributed by atoms with Crippen molar-refractivity contribution in [1.82, 2.24) is 0 Å². The van der Waals surface area contributed by atoms with Crippen molar-refractivity contribution in [3.8, 4) is 0 Å². The van der Waals surface area contributed by atoms with Crippen LogP contribution >= 0.6 is 11.6 Å². The van der Waals surface area contributed by atoms with Gasteiger partial charge in [-0.2, -0.15) is 5.10 Å². The van der Waals surface area contributed by atoms with Gasteiger partial charge in [0.25, 0.3) is 0 Å². The zero-order valence-electron chi connectivity index (χ0n) is 7.97. The van der Waals surface area contributed by atoms with Gasteiger partial charge in [0.15, 0.2) is 0 Å². The summed E-state index contributed by atoms with van der Waals surface area (Å²) in [7, 11) is 0. The van der Waals surface area contributed by atoms with Crippen molar-refractivity contribution in [3.05, 3.63) is 42.0 Å². The summed E-state index contributed by atoms with van der Waals surface area (Å²) in [5.41, 5.74) is 11.1. The number of halogens is 1. The lowest BCUT2D eigenvalue weighted by atomic mass is 10.2. The number of nitrogens with zero attached hydrogens (tertiary/aromatic N) is 2. The molecule has 0 saturated heterocycles. The molecule has 0 unspecified atom stereocenters. The van der Waals surface area contributed by atoms with E-state index in [2.05, 4.69) is 10.2 Å². The molecule has 0 saturated carbocycles. The summed E-state index contributed by atoms with van der Waals surface area (Å²) in [6.45, 7) is 0. The third-order valence-corrected chi connectivity index (χ3v) is 1.85. The predicted molar refractivity (Wildman–Crippen MR) is 64.6 cm³/mol. The molecule has 4 N–H and O–H groups in total. The van der Waals surface area contributed by atoms with E-state index in [-0.39, 0.29) is 5.96 Å². The van der Waals surface area contributed by atoms with Crippen molar-refractivity contribution >= 4 is 28.8 Å². The monoisotopic (exact) mass is 222 g/mol. The number of hydrogen-bond donors (Lipinski definition) is 2. The van der Waals surface area contributed by atoms with Gasteiger partial charge in [0.1, 0.15) is 0 Å². The summed E-state index contributed by atoms with van der Waals surface area (Å²) in [5.74, 6) is -0.0875. The summed E-state index contributed by atoms with van der Waals surface area (Å²) in [6.07, 6.45) is 3.04. The van der Waals surface area contributed by atoms with Gasteiger partial charge in [0.2, 0.25) is 5.96 Å². The zero-order valence-corrected chi connectivity index (χ0v) is 8.72. The lowest BCUT2D eigenvalue weighted by molar-refractivity contribution is 1.22. The van der Waals surface area contributed by atoms with E-state index >= 15 is 0 Å². The van der Waals surface area contributed by atoms with E-state index in [1.165, 1.54) is 6.21 Å². The average molecular weight is 223 g/mol. The Morgan fingerprint density at radius 1 is 1.20 bits per heavy atom. The minimum Gasteiger partial charge on any atom is -0.369 e. The standard InChI is InChI=1S/C10H11ClN4/c11-9(6-7-14-15-10(12)13)8-4-2-1-3-5-8/h1-7H,(H4,12,13,15)/b9-6-,14-7+. The van der Waals surface area contributed by atoms with Crippen LogP contribution in [0.15, 0.2) is 46.6 Å². The average Bonchev–Trinajstić information content (AvgIpc) is 2.25. The highest BCUT2D eigenvalue weighted by Gasteiger charge is 1.93. The Morgan fingerprint density at radius 3 is 2.47 bits per heavy atom. The van der Waals surface area contributed by atoms with Gasteiger partial charge in [0, 0.05) is 5.03 Å². The first kappa shape index (κ1) is 11.3. The highest BCUT2D eigenvalue weighted by Crippen LogP contribution is 2.16. The second kappa shape index (κ2) is 5.82. The van der Waals surface area contributed by atoms with Crippen LogP contribution in [0.3, 0.4) is 0 Å². The van der Waals surface area contributed by atoms with E-state index in [0.29, 0.717) is 5.03 Å². The van der Waals surface area contributed by atoms with Crippen LogP contribution in [0.2, 0.25) is 0 Å². The molecule has 0 aromatic heterocycles. The van der Waals surface area contributed by atoms with Crippen LogP contribution in [0.25, 0.3) is 5.03 Å². The molecule has 1 aromatic carbocycles. The van der Waals surface area contributed by atoms with Crippen LogP contribution in [0.5, 0.6) is 0 Å². The molecule has 78 valence electrons. The highest BCUT2D eigenvalue weighted by atomic mass is 35.5. The Balaban J connectivity index is 2.69. The predicted octanol–water partition coefficient (Wildman–Crippen LogP) is 1.53. The number of rotatable bonds is 3. The molecule has 0 atom stereocenters. The van der Waals surface area contributed by atoms with Gasteiger partial charge in [-0.05, 0) is 11.6 Å². The summed E-state index contributed by atoms with van der Waals surface area (Å²) in [4.78, 5) is 0. The first-order valence-electron chi connectivity index (χ1n) is 4.23. The summed E-state index contributed by atoms with van der Waals surface area (Å²) in [6, 6.07) is 9.51. The molecule has 0 aliphatic rings. The molecular weight excluding hydrogens is 212 g/mol. The molecule has 15 heavy (non-hydrogen) atoms. The maximum absolute atomic E-state index is 5.98. The lowest BCUT2D eigenvalue weighted by Crippen LogP contribution is -2.21. The van der Waals surface area contributed by atoms with E-state index in [4.69, 9.17) is 23.1 Å². The minimum atomic E-state index is -0.0875. The van der Waals surface area contributed by atoms with Gasteiger partial charge in [-0.15, -0.1) is 5.10 Å². The molecule has 0 amide bonds. The zero-order chi connectivity index (χ0) is 11.1. The van der Waals surface area contributed by atoms with Gasteiger partial charge in [0.05, 0.1) is 6.21 Å². The number of nitrogens with two attached hydrogens (primary N) is 2. The van der Waals surface area contributed by atoms with E-state index in [1.807, 2.05) is 30.3 Å². The first-order valence-corrected chi connectivity index (χ1v) is 4.61.